The normalized spacial score (nSPS) is 12.0. The number of hydrogen-bond acceptors (Lipinski definition) is 1. The molecule has 0 saturated heterocycles. The fraction of sp³-hybridized carbons (Fsp3) is 0.111. The van der Waals surface area contributed by atoms with Gasteiger partial charge in [0.1, 0.15) is 6.34 Å². The molecule has 1 aromatic rings. The van der Waals surface area contributed by atoms with Crippen LogP contribution in [-0.4, -0.2) is 19.3 Å². The second kappa shape index (κ2) is 5.24. The Morgan fingerprint density at radius 3 is 2.64 bits per heavy atom. The van der Waals surface area contributed by atoms with Crippen molar-refractivity contribution in [1.82, 2.24) is 0 Å². The lowest BCUT2D eigenvalue weighted by molar-refractivity contribution is 1.43. The van der Waals surface area contributed by atoms with Crippen LogP contribution in [0.5, 0.6) is 0 Å². The summed E-state index contributed by atoms with van der Waals surface area (Å²) in [5, 5.41) is 3.56. The maximum Gasteiger partial charge on any atom is 0.199 e. The highest BCUT2D eigenvalue weighted by Gasteiger charge is 1.93. The van der Waals surface area contributed by atoms with E-state index in [1.54, 1.807) is 19.2 Å². The lowest BCUT2D eigenvalue weighted by Crippen LogP contribution is -2.22. The highest BCUT2D eigenvalue weighted by Crippen LogP contribution is 2.12. The highest BCUT2D eigenvalue weighted by molar-refractivity contribution is 6.30. The molecule has 0 saturated carbocycles. The molecule has 0 aliphatic rings. The molecule has 0 atom stereocenters. The number of guanidine groups is 1. The first-order chi connectivity index (χ1) is 6.72. The van der Waals surface area contributed by atoms with Crippen molar-refractivity contribution in [2.24, 2.45) is 15.7 Å². The van der Waals surface area contributed by atoms with Crippen LogP contribution in [0.3, 0.4) is 0 Å². The second-order valence-electron chi connectivity index (χ2n) is 2.52. The van der Waals surface area contributed by atoms with E-state index >= 15 is 0 Å². The molecule has 1 aromatic carbocycles. The number of hydrogen-bond donors (Lipinski definition) is 2. The van der Waals surface area contributed by atoms with Crippen LogP contribution in [0.2, 0.25) is 5.02 Å². The smallest absolute Gasteiger partial charge is 0.199 e. The van der Waals surface area contributed by atoms with Crippen molar-refractivity contribution >= 4 is 29.6 Å². The van der Waals surface area contributed by atoms with E-state index in [-0.39, 0.29) is 5.96 Å². The summed E-state index contributed by atoms with van der Waals surface area (Å²) in [5.74, 6) is 0.290. The maximum absolute atomic E-state index is 5.72. The Kier molecular flexibility index (Phi) is 3.94. The van der Waals surface area contributed by atoms with Gasteiger partial charge in [-0.2, -0.15) is 0 Å². The Labute approximate surface area is 87.5 Å². The summed E-state index contributed by atoms with van der Waals surface area (Å²) >= 11 is 5.72. The molecule has 5 heteroatoms. The third-order valence-electron chi connectivity index (χ3n) is 1.43. The SMILES string of the molecule is CN=CN=C(N)Nc1ccc(Cl)cc1. The third kappa shape index (κ3) is 3.45. The molecule has 0 aromatic heterocycles. The number of aliphatic imine (C=N–C) groups is 2. The first-order valence-corrected chi connectivity index (χ1v) is 4.36. The first kappa shape index (κ1) is 10.5. The van der Waals surface area contributed by atoms with Gasteiger partial charge in [0, 0.05) is 17.8 Å². The van der Waals surface area contributed by atoms with E-state index in [0.29, 0.717) is 5.02 Å². The van der Waals surface area contributed by atoms with Crippen LogP contribution in [0.1, 0.15) is 0 Å². The second-order valence-corrected chi connectivity index (χ2v) is 2.96. The lowest BCUT2D eigenvalue weighted by Gasteiger charge is -2.03. The molecule has 0 fully saturated rings. The Hall–Kier alpha value is -1.55. The molecular formula is C9H11ClN4. The molecule has 0 aliphatic carbocycles. The molecule has 0 heterocycles. The van der Waals surface area contributed by atoms with E-state index in [9.17, 15) is 0 Å². The fourth-order valence-electron chi connectivity index (χ4n) is 0.833. The van der Waals surface area contributed by atoms with Crippen molar-refractivity contribution < 1.29 is 0 Å². The van der Waals surface area contributed by atoms with Crippen molar-refractivity contribution in [3.05, 3.63) is 29.3 Å². The van der Waals surface area contributed by atoms with Crippen LogP contribution in [0.15, 0.2) is 34.3 Å². The molecule has 74 valence electrons. The zero-order chi connectivity index (χ0) is 10.4. The number of halogens is 1. The van der Waals surface area contributed by atoms with Gasteiger partial charge >= 0.3 is 0 Å². The minimum Gasteiger partial charge on any atom is -0.369 e. The highest BCUT2D eigenvalue weighted by atomic mass is 35.5. The minimum atomic E-state index is 0.290. The summed E-state index contributed by atoms with van der Waals surface area (Å²) in [4.78, 5) is 7.50. The van der Waals surface area contributed by atoms with Crippen molar-refractivity contribution in [3.8, 4) is 0 Å². The van der Waals surface area contributed by atoms with E-state index in [1.807, 2.05) is 12.1 Å². The van der Waals surface area contributed by atoms with E-state index in [4.69, 9.17) is 17.3 Å². The quantitative estimate of drug-likeness (QED) is 0.577. The molecule has 0 spiro atoms. The number of nitrogens with two attached hydrogens (primary N) is 1. The van der Waals surface area contributed by atoms with Gasteiger partial charge in [-0.05, 0) is 24.3 Å². The number of anilines is 1. The molecule has 4 nitrogen and oxygen atoms in total. The zero-order valence-corrected chi connectivity index (χ0v) is 8.49. The van der Waals surface area contributed by atoms with Gasteiger partial charge in [0.2, 0.25) is 0 Å². The van der Waals surface area contributed by atoms with E-state index < -0.39 is 0 Å². The predicted molar refractivity (Wildman–Crippen MR) is 61.1 cm³/mol. The van der Waals surface area contributed by atoms with Crippen LogP contribution in [-0.2, 0) is 0 Å². The average Bonchev–Trinajstić information content (AvgIpc) is 2.18. The van der Waals surface area contributed by atoms with Gasteiger partial charge in [-0.25, -0.2) is 4.99 Å². The summed E-state index contributed by atoms with van der Waals surface area (Å²) in [6.07, 6.45) is 1.37. The predicted octanol–water partition coefficient (Wildman–Crippen LogP) is 1.72. The van der Waals surface area contributed by atoms with Crippen LogP contribution in [0.4, 0.5) is 5.69 Å². The minimum absolute atomic E-state index is 0.290. The largest absolute Gasteiger partial charge is 0.369 e. The molecule has 14 heavy (non-hydrogen) atoms. The van der Waals surface area contributed by atoms with Crippen LogP contribution >= 0.6 is 11.6 Å². The molecule has 1 rings (SSSR count). The van der Waals surface area contributed by atoms with E-state index in [1.165, 1.54) is 6.34 Å². The topological polar surface area (TPSA) is 62.8 Å². The Balaban J connectivity index is 2.65. The van der Waals surface area contributed by atoms with E-state index in [0.717, 1.165) is 5.69 Å². The molecule has 0 bridgehead atoms. The first-order valence-electron chi connectivity index (χ1n) is 3.99. The Morgan fingerprint density at radius 1 is 1.43 bits per heavy atom. The summed E-state index contributed by atoms with van der Waals surface area (Å²) in [5.41, 5.74) is 6.38. The molecule has 0 amide bonds. The van der Waals surface area contributed by atoms with Gasteiger partial charge in [0.25, 0.3) is 0 Å². The van der Waals surface area contributed by atoms with Crippen LogP contribution < -0.4 is 11.1 Å². The Morgan fingerprint density at radius 2 is 2.07 bits per heavy atom. The van der Waals surface area contributed by atoms with Crippen molar-refractivity contribution in [1.29, 1.82) is 0 Å². The molecule has 0 unspecified atom stereocenters. The molecule has 0 radical (unpaired) electrons. The van der Waals surface area contributed by atoms with Gasteiger partial charge in [-0.1, -0.05) is 11.6 Å². The third-order valence-corrected chi connectivity index (χ3v) is 1.68. The molecule has 3 N–H and O–H groups in total. The van der Waals surface area contributed by atoms with Gasteiger partial charge in [-0.3, -0.25) is 4.99 Å². The summed E-state index contributed by atoms with van der Waals surface area (Å²) in [7, 11) is 1.62. The van der Waals surface area contributed by atoms with Crippen LogP contribution in [0, 0.1) is 0 Å². The standard InChI is InChI=1S/C9H11ClN4/c1-12-6-13-9(11)14-8-4-2-7(10)3-5-8/h2-6H,1H3,(H3,11,12,13,14). The lowest BCUT2D eigenvalue weighted by atomic mass is 10.3. The monoisotopic (exact) mass is 210 g/mol. The van der Waals surface area contributed by atoms with Gasteiger partial charge in [0.15, 0.2) is 5.96 Å². The van der Waals surface area contributed by atoms with Crippen molar-refractivity contribution in [3.63, 3.8) is 0 Å². The average molecular weight is 211 g/mol. The number of nitrogens with one attached hydrogen (secondary N) is 1. The summed E-state index contributed by atoms with van der Waals surface area (Å²) in [6.45, 7) is 0. The van der Waals surface area contributed by atoms with Gasteiger partial charge < -0.3 is 11.1 Å². The number of rotatable bonds is 2. The fourth-order valence-corrected chi connectivity index (χ4v) is 0.959. The maximum atomic E-state index is 5.72. The zero-order valence-electron chi connectivity index (χ0n) is 7.74. The number of nitrogens with zero attached hydrogens (tertiary/aromatic N) is 2. The van der Waals surface area contributed by atoms with Crippen molar-refractivity contribution in [2.45, 2.75) is 0 Å². The van der Waals surface area contributed by atoms with Gasteiger partial charge in [-0.15, -0.1) is 0 Å². The summed E-state index contributed by atoms with van der Waals surface area (Å²) < 4.78 is 0. The van der Waals surface area contributed by atoms with E-state index in [2.05, 4.69) is 15.3 Å². The molecule has 0 aliphatic heterocycles. The van der Waals surface area contributed by atoms with Gasteiger partial charge in [0.05, 0.1) is 0 Å². The van der Waals surface area contributed by atoms with Crippen LogP contribution in [0.25, 0.3) is 0 Å². The summed E-state index contributed by atoms with van der Waals surface area (Å²) in [6, 6.07) is 7.16. The van der Waals surface area contributed by atoms with Crippen molar-refractivity contribution in [2.75, 3.05) is 12.4 Å². The Bertz CT molecular complexity index is 342. The number of benzene rings is 1. The molecular weight excluding hydrogens is 200 g/mol.